The third kappa shape index (κ3) is 5.05. The molecule has 0 spiro atoms. The lowest BCUT2D eigenvalue weighted by Gasteiger charge is -2.09. The van der Waals surface area contributed by atoms with Crippen molar-refractivity contribution in [2.24, 2.45) is 10.9 Å². The minimum absolute atomic E-state index is 0.386. The predicted octanol–water partition coefficient (Wildman–Crippen LogP) is 1.45. The average molecular weight is 233 g/mol. The van der Waals surface area contributed by atoms with E-state index in [0.717, 1.165) is 11.9 Å². The van der Waals surface area contributed by atoms with Crippen molar-refractivity contribution in [3.63, 3.8) is 0 Å². The molecule has 0 aliphatic rings. The zero-order valence-corrected chi connectivity index (χ0v) is 9.77. The summed E-state index contributed by atoms with van der Waals surface area (Å²) in [6, 6.07) is 1.57. The van der Waals surface area contributed by atoms with Gasteiger partial charge in [0.15, 0.2) is 7.35 Å². The van der Waals surface area contributed by atoms with Crippen LogP contribution < -0.4 is 5.73 Å². The number of carbonyl (C=O) groups excluding carboxylic acids is 1. The van der Waals surface area contributed by atoms with E-state index in [9.17, 15) is 4.79 Å². The minimum atomic E-state index is -0.861. The van der Waals surface area contributed by atoms with E-state index in [0.29, 0.717) is 0 Å². The van der Waals surface area contributed by atoms with Gasteiger partial charge in [-0.1, -0.05) is 30.4 Å². The second-order valence-electron chi connectivity index (χ2n) is 2.06. The van der Waals surface area contributed by atoms with Crippen LogP contribution in [0.25, 0.3) is 0 Å². The van der Waals surface area contributed by atoms with Crippen LogP contribution in [0.1, 0.15) is 13.8 Å². The van der Waals surface area contributed by atoms with Crippen LogP contribution in [-0.2, 0) is 9.42 Å². The molecule has 5 nitrogen and oxygen atoms in total. The molecule has 2 N–H and O–H groups in total. The second-order valence-corrected chi connectivity index (χ2v) is 6.36. The van der Waals surface area contributed by atoms with Crippen molar-refractivity contribution in [3.05, 3.63) is 0 Å². The van der Waals surface area contributed by atoms with Crippen LogP contribution in [0.2, 0.25) is 0 Å². The normalized spacial score (nSPS) is 13.1. The summed E-state index contributed by atoms with van der Waals surface area (Å²) in [6.07, 6.45) is 0.814. The summed E-state index contributed by atoms with van der Waals surface area (Å²) in [6.45, 7) is 3.96. The second kappa shape index (κ2) is 7.60. The summed E-state index contributed by atoms with van der Waals surface area (Å²) in [7, 11) is -0.751. The van der Waals surface area contributed by atoms with E-state index in [2.05, 4.69) is 5.16 Å². The van der Waals surface area contributed by atoms with Gasteiger partial charge in [0, 0.05) is 6.16 Å². The van der Waals surface area contributed by atoms with Gasteiger partial charge in [0.05, 0.1) is 0 Å². The van der Waals surface area contributed by atoms with Crippen molar-refractivity contribution in [1.82, 2.24) is 0 Å². The van der Waals surface area contributed by atoms with Gasteiger partial charge in [0.25, 0.3) is 5.91 Å². The molecule has 1 unspecified atom stereocenters. The molecule has 0 saturated carbocycles. The van der Waals surface area contributed by atoms with Crippen molar-refractivity contribution >= 4 is 30.4 Å². The van der Waals surface area contributed by atoms with Crippen LogP contribution >= 0.6 is 18.7 Å². The maximum Gasteiger partial charge on any atom is 0.281 e. The predicted molar refractivity (Wildman–Crippen MR) is 58.9 cm³/mol. The Morgan fingerprint density at radius 2 is 2.36 bits per heavy atom. The lowest BCUT2D eigenvalue weighted by atomic mass is 10.4. The summed E-state index contributed by atoms with van der Waals surface area (Å²) in [5.74, 6) is 0.0492. The van der Waals surface area contributed by atoms with E-state index in [-0.39, 0.29) is 5.71 Å². The summed E-state index contributed by atoms with van der Waals surface area (Å²) in [4.78, 5) is 10.6. The van der Waals surface area contributed by atoms with Gasteiger partial charge in [-0.3, -0.25) is 4.79 Å². The SMILES string of the molecule is CCSP(CC)ON=C(C#N)C(N)=O. The maximum atomic E-state index is 10.6. The van der Waals surface area contributed by atoms with Gasteiger partial charge in [-0.2, -0.15) is 5.26 Å². The van der Waals surface area contributed by atoms with E-state index < -0.39 is 13.3 Å². The number of rotatable bonds is 6. The Morgan fingerprint density at radius 1 is 1.71 bits per heavy atom. The smallest absolute Gasteiger partial charge is 0.281 e. The van der Waals surface area contributed by atoms with Crippen LogP contribution in [-0.4, -0.2) is 23.5 Å². The van der Waals surface area contributed by atoms with Gasteiger partial charge >= 0.3 is 0 Å². The standard InChI is InChI=1S/C7H12N3O2PS/c1-3-13(14-4-2)12-10-6(5-8)7(9)11/h3-4H2,1-2H3,(H2,9,11). The highest BCUT2D eigenvalue weighted by molar-refractivity contribution is 8.54. The Kier molecular flexibility index (Phi) is 7.17. The quantitative estimate of drug-likeness (QED) is 0.427. The molecule has 0 rings (SSSR count). The lowest BCUT2D eigenvalue weighted by molar-refractivity contribution is -0.111. The highest BCUT2D eigenvalue weighted by atomic mass is 32.7. The first-order valence-corrected chi connectivity index (χ1v) is 7.04. The van der Waals surface area contributed by atoms with Crippen LogP contribution in [0, 0.1) is 11.3 Å². The third-order valence-electron chi connectivity index (χ3n) is 1.09. The van der Waals surface area contributed by atoms with Crippen molar-refractivity contribution in [2.45, 2.75) is 13.8 Å². The summed E-state index contributed by atoms with van der Waals surface area (Å²) in [5.41, 5.74) is 4.49. The highest BCUT2D eigenvalue weighted by Gasteiger charge is 2.10. The molecule has 0 fully saturated rings. The average Bonchev–Trinajstić information content (AvgIpc) is 2.16. The number of amides is 1. The number of oxime groups is 1. The third-order valence-corrected chi connectivity index (χ3v) is 5.03. The van der Waals surface area contributed by atoms with E-state index in [1.54, 1.807) is 17.5 Å². The molecular formula is C7H12N3O2PS. The van der Waals surface area contributed by atoms with Crippen molar-refractivity contribution in [3.8, 4) is 6.07 Å². The molecule has 0 aliphatic carbocycles. The molecule has 0 aromatic carbocycles. The largest absolute Gasteiger partial charge is 0.364 e. The maximum absolute atomic E-state index is 10.6. The highest BCUT2D eigenvalue weighted by Crippen LogP contribution is 2.50. The molecule has 0 radical (unpaired) electrons. The zero-order valence-electron chi connectivity index (χ0n) is 8.06. The van der Waals surface area contributed by atoms with Crippen molar-refractivity contribution in [1.29, 1.82) is 5.26 Å². The molecule has 78 valence electrons. The van der Waals surface area contributed by atoms with E-state index in [1.165, 1.54) is 0 Å². The fourth-order valence-electron chi connectivity index (χ4n) is 0.523. The monoisotopic (exact) mass is 233 g/mol. The lowest BCUT2D eigenvalue weighted by Crippen LogP contribution is -2.21. The zero-order chi connectivity index (χ0) is 11.0. The Hall–Kier alpha value is -0.790. The van der Waals surface area contributed by atoms with Gasteiger partial charge in [-0.15, -0.1) is 0 Å². The van der Waals surface area contributed by atoms with E-state index in [4.69, 9.17) is 15.6 Å². The topological polar surface area (TPSA) is 88.5 Å². The molecule has 1 atom stereocenters. The molecule has 0 bridgehead atoms. The van der Waals surface area contributed by atoms with Crippen LogP contribution in [0.5, 0.6) is 0 Å². The minimum Gasteiger partial charge on any atom is -0.364 e. The number of hydrogen-bond donors (Lipinski definition) is 1. The number of carbonyl (C=O) groups is 1. The van der Waals surface area contributed by atoms with E-state index >= 15 is 0 Å². The van der Waals surface area contributed by atoms with Crippen LogP contribution in [0.4, 0.5) is 0 Å². The first kappa shape index (κ1) is 13.2. The Balaban J connectivity index is 4.23. The number of nitrogens with two attached hydrogens (primary N) is 1. The Bertz CT molecular complexity index is 264. The summed E-state index contributed by atoms with van der Waals surface area (Å²) in [5, 5.41) is 11.9. The van der Waals surface area contributed by atoms with Gasteiger partial charge in [0.1, 0.15) is 6.07 Å². The summed E-state index contributed by atoms with van der Waals surface area (Å²) >= 11 is 1.61. The summed E-state index contributed by atoms with van der Waals surface area (Å²) < 4.78 is 5.04. The number of nitriles is 1. The van der Waals surface area contributed by atoms with Gasteiger partial charge in [-0.25, -0.2) is 0 Å². The van der Waals surface area contributed by atoms with Crippen molar-refractivity contribution in [2.75, 3.05) is 11.9 Å². The van der Waals surface area contributed by atoms with Crippen molar-refractivity contribution < 1.29 is 9.42 Å². The van der Waals surface area contributed by atoms with E-state index in [1.807, 2.05) is 13.8 Å². The fraction of sp³-hybridized carbons (Fsp3) is 0.571. The van der Waals surface area contributed by atoms with Gasteiger partial charge in [0.2, 0.25) is 5.71 Å². The van der Waals surface area contributed by atoms with Gasteiger partial charge < -0.3 is 10.4 Å². The molecule has 0 aliphatic heterocycles. The number of hydrogen-bond acceptors (Lipinski definition) is 5. The Morgan fingerprint density at radius 3 is 2.71 bits per heavy atom. The molecule has 0 aromatic heterocycles. The first-order valence-electron chi connectivity index (χ1n) is 4.01. The fourth-order valence-corrected chi connectivity index (χ4v) is 2.98. The van der Waals surface area contributed by atoms with Crippen LogP contribution in [0.3, 0.4) is 0 Å². The molecular weight excluding hydrogens is 221 g/mol. The van der Waals surface area contributed by atoms with Gasteiger partial charge in [-0.05, 0) is 5.75 Å². The van der Waals surface area contributed by atoms with Crippen LogP contribution in [0.15, 0.2) is 5.16 Å². The number of primary amides is 1. The molecule has 0 aromatic rings. The molecule has 1 amide bonds. The molecule has 7 heteroatoms. The molecule has 14 heavy (non-hydrogen) atoms. The molecule has 0 heterocycles. The molecule has 0 saturated heterocycles. The first-order chi connectivity index (χ1) is 6.65. The number of nitrogens with zero attached hydrogens (tertiary/aromatic N) is 2. The Labute approximate surface area is 88.2 Å².